The highest BCUT2D eigenvalue weighted by molar-refractivity contribution is 5.84. The van der Waals surface area contributed by atoms with Crippen LogP contribution in [-0.4, -0.2) is 47.3 Å². The Morgan fingerprint density at radius 3 is 2.67 bits per heavy atom. The predicted octanol–water partition coefficient (Wildman–Crippen LogP) is 3.96. The lowest BCUT2D eigenvalue weighted by Gasteiger charge is -2.20. The molecule has 1 aliphatic rings. The monoisotopic (exact) mass is 407 g/mol. The first kappa shape index (κ1) is 20.4. The molecule has 158 valence electrons. The molecule has 0 N–H and O–H groups in total. The van der Waals surface area contributed by atoms with Gasteiger partial charge in [-0.25, -0.2) is 4.98 Å². The Morgan fingerprint density at radius 2 is 1.97 bits per heavy atom. The van der Waals surface area contributed by atoms with Crippen molar-refractivity contribution >= 4 is 10.9 Å². The molecule has 0 radical (unpaired) electrons. The normalized spacial score (nSPS) is 16.8. The number of aromatic nitrogens is 2. The molecule has 0 bridgehead atoms. The van der Waals surface area contributed by atoms with Gasteiger partial charge < -0.3 is 14.4 Å². The van der Waals surface area contributed by atoms with E-state index >= 15 is 0 Å². The van der Waals surface area contributed by atoms with E-state index in [1.54, 1.807) is 17.7 Å². The number of likely N-dealkylation sites (tertiary alicyclic amines) is 1. The fourth-order valence-corrected chi connectivity index (χ4v) is 4.26. The van der Waals surface area contributed by atoms with Gasteiger partial charge in [0.25, 0.3) is 5.56 Å². The summed E-state index contributed by atoms with van der Waals surface area (Å²) in [4.78, 5) is 20.3. The highest BCUT2D eigenvalue weighted by Gasteiger charge is 2.19. The Balaban J connectivity index is 1.48. The summed E-state index contributed by atoms with van der Waals surface area (Å²) in [5.74, 6) is 1.98. The molecule has 1 saturated heterocycles. The van der Waals surface area contributed by atoms with E-state index in [4.69, 9.17) is 9.47 Å². The van der Waals surface area contributed by atoms with E-state index in [1.165, 1.54) is 19.4 Å². The Bertz CT molecular complexity index is 1080. The summed E-state index contributed by atoms with van der Waals surface area (Å²) in [6.07, 6.45) is 3.62. The summed E-state index contributed by atoms with van der Waals surface area (Å²) in [6, 6.07) is 13.8. The Hall–Kier alpha value is -2.86. The molecule has 6 nitrogen and oxygen atoms in total. The van der Waals surface area contributed by atoms with Gasteiger partial charge in [0, 0.05) is 12.6 Å². The van der Waals surface area contributed by atoms with Crippen LogP contribution in [0.25, 0.3) is 16.6 Å². The zero-order chi connectivity index (χ0) is 21.1. The number of benzene rings is 2. The zero-order valence-corrected chi connectivity index (χ0v) is 17.9. The van der Waals surface area contributed by atoms with Crippen LogP contribution in [0, 0.1) is 6.92 Å². The van der Waals surface area contributed by atoms with Crippen LogP contribution < -0.4 is 15.0 Å². The quantitative estimate of drug-likeness (QED) is 0.555. The standard InChI is InChI=1S/C24H29N3O3/c1-17-7-5-14-26(17)15-6-16-30-20-12-10-19(11-13-20)27-18(2)25-21-8-4-9-22(29-3)23(21)24(27)28/h4,8-13,17H,5-7,14-16H2,1-3H3/t17-/m1/s1. The van der Waals surface area contributed by atoms with E-state index in [0.29, 0.717) is 35.1 Å². The minimum Gasteiger partial charge on any atom is -0.496 e. The average Bonchev–Trinajstić information content (AvgIpc) is 3.16. The van der Waals surface area contributed by atoms with Crippen molar-refractivity contribution < 1.29 is 9.47 Å². The molecule has 2 aromatic carbocycles. The largest absolute Gasteiger partial charge is 0.496 e. The van der Waals surface area contributed by atoms with Gasteiger partial charge in [-0.05, 0) is 76.1 Å². The predicted molar refractivity (Wildman–Crippen MR) is 119 cm³/mol. The second-order valence-electron chi connectivity index (χ2n) is 7.88. The summed E-state index contributed by atoms with van der Waals surface area (Å²) < 4.78 is 12.9. The molecule has 0 unspecified atom stereocenters. The van der Waals surface area contributed by atoms with Crippen LogP contribution >= 0.6 is 0 Å². The number of aryl methyl sites for hydroxylation is 1. The summed E-state index contributed by atoms with van der Waals surface area (Å²) in [7, 11) is 1.56. The van der Waals surface area contributed by atoms with Crippen molar-refractivity contribution in [2.75, 3.05) is 26.8 Å². The molecule has 0 spiro atoms. The first-order valence-electron chi connectivity index (χ1n) is 10.6. The summed E-state index contributed by atoms with van der Waals surface area (Å²) >= 11 is 0. The summed E-state index contributed by atoms with van der Waals surface area (Å²) in [6.45, 7) is 7.11. The molecule has 0 saturated carbocycles. The molecular weight excluding hydrogens is 378 g/mol. The number of hydrogen-bond acceptors (Lipinski definition) is 5. The molecule has 4 rings (SSSR count). The highest BCUT2D eigenvalue weighted by Crippen LogP contribution is 2.23. The lowest BCUT2D eigenvalue weighted by molar-refractivity contribution is 0.230. The Kier molecular flexibility index (Phi) is 6.04. The van der Waals surface area contributed by atoms with Crippen molar-refractivity contribution in [3.63, 3.8) is 0 Å². The van der Waals surface area contributed by atoms with Crippen LogP contribution in [0.5, 0.6) is 11.5 Å². The highest BCUT2D eigenvalue weighted by atomic mass is 16.5. The van der Waals surface area contributed by atoms with Gasteiger partial charge in [-0.3, -0.25) is 9.36 Å². The van der Waals surface area contributed by atoms with Crippen molar-refractivity contribution in [2.24, 2.45) is 0 Å². The Labute approximate surface area is 177 Å². The second-order valence-corrected chi connectivity index (χ2v) is 7.88. The number of rotatable bonds is 7. The molecule has 1 atom stereocenters. The van der Waals surface area contributed by atoms with Gasteiger partial charge in [0.2, 0.25) is 0 Å². The van der Waals surface area contributed by atoms with Crippen LogP contribution in [-0.2, 0) is 0 Å². The van der Waals surface area contributed by atoms with Crippen molar-refractivity contribution in [1.82, 2.24) is 14.5 Å². The zero-order valence-electron chi connectivity index (χ0n) is 17.9. The van der Waals surface area contributed by atoms with Crippen LogP contribution in [0.4, 0.5) is 0 Å². The molecule has 30 heavy (non-hydrogen) atoms. The third-order valence-electron chi connectivity index (χ3n) is 5.89. The first-order chi connectivity index (χ1) is 14.6. The van der Waals surface area contributed by atoms with Crippen molar-refractivity contribution in [3.05, 3.63) is 58.6 Å². The van der Waals surface area contributed by atoms with Crippen LogP contribution in [0.15, 0.2) is 47.3 Å². The molecule has 3 aromatic rings. The van der Waals surface area contributed by atoms with Crippen molar-refractivity contribution in [3.8, 4) is 17.2 Å². The average molecular weight is 408 g/mol. The molecule has 0 aliphatic carbocycles. The number of hydrogen-bond donors (Lipinski definition) is 0. The first-order valence-corrected chi connectivity index (χ1v) is 10.6. The maximum atomic E-state index is 13.2. The molecular formula is C24H29N3O3. The van der Waals surface area contributed by atoms with E-state index < -0.39 is 0 Å². The lowest BCUT2D eigenvalue weighted by atomic mass is 10.2. The smallest absolute Gasteiger partial charge is 0.269 e. The van der Waals surface area contributed by atoms with E-state index in [2.05, 4.69) is 16.8 Å². The number of ether oxygens (including phenoxy) is 2. The van der Waals surface area contributed by atoms with E-state index in [9.17, 15) is 4.79 Å². The number of methoxy groups -OCH3 is 1. The molecule has 2 heterocycles. The van der Waals surface area contributed by atoms with Crippen LogP contribution in [0.2, 0.25) is 0 Å². The molecule has 6 heteroatoms. The van der Waals surface area contributed by atoms with Crippen molar-refractivity contribution in [2.45, 2.75) is 39.2 Å². The fourth-order valence-electron chi connectivity index (χ4n) is 4.26. The van der Waals surface area contributed by atoms with E-state index in [0.717, 1.165) is 24.4 Å². The van der Waals surface area contributed by atoms with Gasteiger partial charge in [-0.2, -0.15) is 0 Å². The topological polar surface area (TPSA) is 56.6 Å². The van der Waals surface area contributed by atoms with E-state index in [-0.39, 0.29) is 5.56 Å². The minimum absolute atomic E-state index is 0.136. The fraction of sp³-hybridized carbons (Fsp3) is 0.417. The summed E-state index contributed by atoms with van der Waals surface area (Å²) in [5.41, 5.74) is 1.26. The third kappa shape index (κ3) is 4.05. The third-order valence-corrected chi connectivity index (χ3v) is 5.89. The van der Waals surface area contributed by atoms with Gasteiger partial charge in [0.05, 0.1) is 24.9 Å². The number of fused-ring (bicyclic) bond motifs is 1. The van der Waals surface area contributed by atoms with Gasteiger partial charge in [-0.1, -0.05) is 6.07 Å². The van der Waals surface area contributed by atoms with Crippen LogP contribution in [0.3, 0.4) is 0 Å². The van der Waals surface area contributed by atoms with Gasteiger partial charge >= 0.3 is 0 Å². The Morgan fingerprint density at radius 1 is 1.17 bits per heavy atom. The van der Waals surface area contributed by atoms with Crippen molar-refractivity contribution in [1.29, 1.82) is 0 Å². The molecule has 1 fully saturated rings. The van der Waals surface area contributed by atoms with Gasteiger partial charge in [0.15, 0.2) is 0 Å². The van der Waals surface area contributed by atoms with Gasteiger partial charge in [-0.15, -0.1) is 0 Å². The summed E-state index contributed by atoms with van der Waals surface area (Å²) in [5, 5.41) is 0.488. The maximum absolute atomic E-state index is 13.2. The second kappa shape index (κ2) is 8.88. The molecule has 1 aromatic heterocycles. The minimum atomic E-state index is -0.136. The van der Waals surface area contributed by atoms with Crippen LogP contribution in [0.1, 0.15) is 32.0 Å². The van der Waals surface area contributed by atoms with Gasteiger partial charge in [0.1, 0.15) is 22.7 Å². The lowest BCUT2D eigenvalue weighted by Crippen LogP contribution is -2.28. The molecule has 1 aliphatic heterocycles. The van der Waals surface area contributed by atoms with E-state index in [1.807, 2.05) is 43.3 Å². The number of nitrogens with zero attached hydrogens (tertiary/aromatic N) is 3. The maximum Gasteiger partial charge on any atom is 0.269 e. The SMILES string of the molecule is COc1cccc2nc(C)n(-c3ccc(OCCCN4CCC[C@H]4C)cc3)c(=O)c12. The molecule has 0 amide bonds.